The molecular weight excluding hydrogens is 368 g/mol. The molecule has 0 spiro atoms. The van der Waals surface area contributed by atoms with Crippen molar-refractivity contribution in [2.75, 3.05) is 87.0 Å². The normalized spacial score (nSPS) is 23.6. The van der Waals surface area contributed by atoms with E-state index in [0.717, 1.165) is 65.1 Å². The molecule has 4 rings (SSSR count). The van der Waals surface area contributed by atoms with Gasteiger partial charge in [0.05, 0.1) is 32.5 Å². The predicted octanol–water partition coefficient (Wildman–Crippen LogP) is 3.30. The molecule has 4 fully saturated rings. The van der Waals surface area contributed by atoms with E-state index in [1.165, 1.54) is 51.5 Å². The molecule has 0 aromatic rings. The Morgan fingerprint density at radius 1 is 0.793 bits per heavy atom. The van der Waals surface area contributed by atoms with Crippen LogP contribution in [0.4, 0.5) is 0 Å². The van der Waals surface area contributed by atoms with E-state index in [1.807, 2.05) is 7.11 Å². The first-order valence-electron chi connectivity index (χ1n) is 11.8. The standard InChI is InChI=1S/C7H14O.C6H13NO.C5H11NO.C5H10O/c1-8-7-5-3-2-4-6-7;1-2-7-3-5-8-6-4-7;1-6-2-4-7-5-3-6;1-6-4-5-2-3-5/h7H,2-6H2,1H3;2-6H2,1H3;2-5H2,1H3;5H,2-4H2,1H3. The molecule has 0 atom stereocenters. The van der Waals surface area contributed by atoms with Crippen LogP contribution in [0.25, 0.3) is 0 Å². The quantitative estimate of drug-likeness (QED) is 0.701. The molecule has 2 saturated heterocycles. The number of likely N-dealkylation sites (N-methyl/N-ethyl adjacent to an activating group) is 2. The van der Waals surface area contributed by atoms with Crippen molar-refractivity contribution in [3.8, 4) is 0 Å². The van der Waals surface area contributed by atoms with E-state index in [9.17, 15) is 0 Å². The second-order valence-electron chi connectivity index (χ2n) is 8.36. The molecule has 0 bridgehead atoms. The lowest BCUT2D eigenvalue weighted by atomic mass is 9.98. The van der Waals surface area contributed by atoms with Gasteiger partial charge >= 0.3 is 0 Å². The summed E-state index contributed by atoms with van der Waals surface area (Å²) in [6.07, 6.45) is 10.1. The Balaban J connectivity index is 0.000000194. The third-order valence-corrected chi connectivity index (χ3v) is 5.77. The minimum atomic E-state index is 0.587. The molecule has 0 unspecified atom stereocenters. The monoisotopic (exact) mass is 416 g/mol. The molecule has 174 valence electrons. The fourth-order valence-electron chi connectivity index (χ4n) is 3.39. The summed E-state index contributed by atoms with van der Waals surface area (Å²) in [7, 11) is 5.69. The number of nitrogens with zero attached hydrogens (tertiary/aromatic N) is 2. The van der Waals surface area contributed by atoms with Crippen LogP contribution in [-0.2, 0) is 18.9 Å². The maximum Gasteiger partial charge on any atom is 0.0594 e. The molecule has 2 saturated carbocycles. The molecule has 0 amide bonds. The summed E-state index contributed by atoms with van der Waals surface area (Å²) in [5, 5.41) is 0. The minimum absolute atomic E-state index is 0.587. The van der Waals surface area contributed by atoms with Crippen molar-refractivity contribution < 1.29 is 18.9 Å². The molecule has 2 aliphatic carbocycles. The Kier molecular flexibility index (Phi) is 17.1. The number of ether oxygens (including phenoxy) is 4. The number of morpholine rings is 2. The fraction of sp³-hybridized carbons (Fsp3) is 1.00. The molecular formula is C23H48N2O4. The number of rotatable bonds is 4. The second kappa shape index (κ2) is 18.5. The summed E-state index contributed by atoms with van der Waals surface area (Å²) in [6.45, 7) is 12.5. The van der Waals surface area contributed by atoms with Gasteiger partial charge in [-0.05, 0) is 45.2 Å². The van der Waals surface area contributed by atoms with Crippen molar-refractivity contribution in [2.24, 2.45) is 5.92 Å². The molecule has 6 nitrogen and oxygen atoms in total. The number of methoxy groups -OCH3 is 2. The van der Waals surface area contributed by atoms with Gasteiger partial charge in [-0.25, -0.2) is 0 Å². The molecule has 2 heterocycles. The van der Waals surface area contributed by atoms with Crippen LogP contribution in [0.2, 0.25) is 0 Å². The van der Waals surface area contributed by atoms with Gasteiger partial charge in [0.2, 0.25) is 0 Å². The van der Waals surface area contributed by atoms with Gasteiger partial charge in [-0.15, -0.1) is 0 Å². The van der Waals surface area contributed by atoms with E-state index in [0.29, 0.717) is 6.10 Å². The highest BCUT2D eigenvalue weighted by atomic mass is 16.5. The van der Waals surface area contributed by atoms with Crippen LogP contribution >= 0.6 is 0 Å². The Morgan fingerprint density at radius 3 is 1.62 bits per heavy atom. The average Bonchev–Trinajstić information content (AvgIpc) is 3.61. The Labute approximate surface area is 180 Å². The van der Waals surface area contributed by atoms with Crippen molar-refractivity contribution in [1.29, 1.82) is 0 Å². The highest BCUT2D eigenvalue weighted by Gasteiger charge is 2.20. The number of hydrogen-bond donors (Lipinski definition) is 0. The van der Waals surface area contributed by atoms with Crippen LogP contribution in [-0.4, -0.2) is 103 Å². The molecule has 2 aliphatic heterocycles. The maximum absolute atomic E-state index is 5.19. The SMILES string of the molecule is CCN1CCOCC1.CN1CCOCC1.COC1CCCCC1.COCC1CC1. The highest BCUT2D eigenvalue weighted by molar-refractivity contribution is 4.71. The van der Waals surface area contributed by atoms with Crippen molar-refractivity contribution in [1.82, 2.24) is 9.80 Å². The van der Waals surface area contributed by atoms with Crippen molar-refractivity contribution in [3.05, 3.63) is 0 Å². The topological polar surface area (TPSA) is 43.4 Å². The highest BCUT2D eigenvalue weighted by Crippen LogP contribution is 2.28. The largest absolute Gasteiger partial charge is 0.384 e. The van der Waals surface area contributed by atoms with E-state index in [1.54, 1.807) is 7.11 Å². The van der Waals surface area contributed by atoms with E-state index in [-0.39, 0.29) is 0 Å². The van der Waals surface area contributed by atoms with Crippen molar-refractivity contribution >= 4 is 0 Å². The molecule has 0 N–H and O–H groups in total. The number of hydrogen-bond acceptors (Lipinski definition) is 6. The van der Waals surface area contributed by atoms with Gasteiger partial charge in [-0.1, -0.05) is 26.2 Å². The van der Waals surface area contributed by atoms with Crippen LogP contribution in [0, 0.1) is 5.92 Å². The van der Waals surface area contributed by atoms with Crippen LogP contribution in [0.5, 0.6) is 0 Å². The van der Waals surface area contributed by atoms with Gasteiger partial charge in [0.1, 0.15) is 0 Å². The molecule has 0 aromatic heterocycles. The summed E-state index contributed by atoms with van der Waals surface area (Å²) in [6, 6.07) is 0. The fourth-order valence-corrected chi connectivity index (χ4v) is 3.39. The summed E-state index contributed by atoms with van der Waals surface area (Å²) < 4.78 is 20.3. The van der Waals surface area contributed by atoms with Gasteiger partial charge in [0, 0.05) is 47.0 Å². The third kappa shape index (κ3) is 16.2. The van der Waals surface area contributed by atoms with Crippen molar-refractivity contribution in [3.63, 3.8) is 0 Å². The summed E-state index contributed by atoms with van der Waals surface area (Å²) in [4.78, 5) is 4.66. The molecule has 0 aromatic carbocycles. The van der Waals surface area contributed by atoms with Gasteiger partial charge in [0.15, 0.2) is 0 Å². The first-order valence-corrected chi connectivity index (χ1v) is 11.8. The second-order valence-corrected chi connectivity index (χ2v) is 8.36. The molecule has 4 aliphatic rings. The smallest absolute Gasteiger partial charge is 0.0594 e. The summed E-state index contributed by atoms with van der Waals surface area (Å²) >= 11 is 0. The van der Waals surface area contributed by atoms with E-state index in [2.05, 4.69) is 23.8 Å². The Morgan fingerprint density at radius 2 is 1.34 bits per heavy atom. The zero-order valence-electron chi connectivity index (χ0n) is 19.7. The molecule has 29 heavy (non-hydrogen) atoms. The van der Waals surface area contributed by atoms with Crippen LogP contribution in [0.1, 0.15) is 51.9 Å². The van der Waals surface area contributed by atoms with Gasteiger partial charge in [0.25, 0.3) is 0 Å². The molecule has 6 heteroatoms. The first-order chi connectivity index (χ1) is 14.2. The molecule has 0 radical (unpaired) electrons. The lowest BCUT2D eigenvalue weighted by Crippen LogP contribution is -2.35. The minimum Gasteiger partial charge on any atom is -0.384 e. The van der Waals surface area contributed by atoms with Gasteiger partial charge in [-0.2, -0.15) is 0 Å². The zero-order chi connectivity index (χ0) is 21.2. The van der Waals surface area contributed by atoms with Crippen LogP contribution < -0.4 is 0 Å². The lowest BCUT2D eigenvalue weighted by molar-refractivity contribution is 0.0405. The van der Waals surface area contributed by atoms with Crippen LogP contribution in [0.15, 0.2) is 0 Å². The van der Waals surface area contributed by atoms with E-state index >= 15 is 0 Å². The van der Waals surface area contributed by atoms with Gasteiger partial charge in [-0.3, -0.25) is 4.90 Å². The third-order valence-electron chi connectivity index (χ3n) is 5.77. The van der Waals surface area contributed by atoms with E-state index in [4.69, 9.17) is 18.9 Å². The van der Waals surface area contributed by atoms with Crippen molar-refractivity contribution in [2.45, 2.75) is 58.0 Å². The zero-order valence-corrected chi connectivity index (χ0v) is 19.7. The Hall–Kier alpha value is -0.240. The summed E-state index contributed by atoms with van der Waals surface area (Å²) in [5.74, 6) is 0.926. The average molecular weight is 417 g/mol. The Bertz CT molecular complexity index is 320. The summed E-state index contributed by atoms with van der Waals surface area (Å²) in [5.41, 5.74) is 0. The maximum atomic E-state index is 5.19. The predicted molar refractivity (Wildman–Crippen MR) is 120 cm³/mol. The lowest BCUT2D eigenvalue weighted by Gasteiger charge is -2.24. The van der Waals surface area contributed by atoms with Crippen LogP contribution in [0.3, 0.4) is 0 Å². The van der Waals surface area contributed by atoms with E-state index < -0.39 is 0 Å². The first kappa shape index (κ1) is 26.8. The van der Waals surface area contributed by atoms with Gasteiger partial charge < -0.3 is 23.8 Å².